The minimum Gasteiger partial charge on any atom is -0.508 e. The first-order valence-electron chi connectivity index (χ1n) is 13.6. The number of aromatic hydroxyl groups is 1. The lowest BCUT2D eigenvalue weighted by atomic mass is 10.1. The molecule has 1 aliphatic heterocycles. The summed E-state index contributed by atoms with van der Waals surface area (Å²) in [6, 6.07) is 4.10. The summed E-state index contributed by atoms with van der Waals surface area (Å²) in [5.74, 6) is -2.45. The number of hydrogen-bond acceptors (Lipinski definition) is 7. The average molecular weight is 577 g/mol. The van der Waals surface area contributed by atoms with Gasteiger partial charge in [0.05, 0.1) is 6.54 Å². The summed E-state index contributed by atoms with van der Waals surface area (Å²) in [5, 5.41) is 23.7. The predicted molar refractivity (Wildman–Crippen MR) is 152 cm³/mol. The molecule has 40 heavy (non-hydrogen) atoms. The van der Waals surface area contributed by atoms with Gasteiger partial charge < -0.3 is 25.7 Å². The number of carbonyl (C=O) groups excluding carboxylic acids is 4. The zero-order chi connectivity index (χ0) is 29.5. The molecule has 4 amide bonds. The predicted octanol–water partition coefficient (Wildman–Crippen LogP) is 2.20. The van der Waals surface area contributed by atoms with Crippen LogP contribution in [0.15, 0.2) is 36.9 Å². The molecule has 11 nitrogen and oxygen atoms in total. The number of amides is 4. The quantitative estimate of drug-likeness (QED) is 0.108. The molecular weight excluding hydrogens is 536 g/mol. The highest BCUT2D eigenvalue weighted by atomic mass is 32.1. The first kappa shape index (κ1) is 32.7. The van der Waals surface area contributed by atoms with Crippen LogP contribution in [-0.2, 0) is 30.4 Å². The van der Waals surface area contributed by atoms with Gasteiger partial charge in [0.25, 0.3) is 0 Å². The number of carbonyl (C=O) groups is 5. The van der Waals surface area contributed by atoms with Crippen molar-refractivity contribution in [2.45, 2.75) is 76.3 Å². The SMILES string of the molecule is C=CCCCC(=O)N(S)CCCCCC(=O)N1CCC[C@H]1C(=O)NCC(=O)N[C@@H](Cc1ccc(O)cc1)C(=O)O. The molecule has 1 heterocycles. The molecular formula is C28H40N4O7S. The number of phenolic OH excluding ortho intramolecular Hbond substituents is 1. The molecule has 0 bridgehead atoms. The summed E-state index contributed by atoms with van der Waals surface area (Å²) in [6.45, 7) is 4.18. The molecule has 2 atom stereocenters. The number of unbranched alkanes of at least 4 members (excludes halogenated alkanes) is 3. The molecule has 12 heteroatoms. The summed E-state index contributed by atoms with van der Waals surface area (Å²) < 4.78 is 1.41. The molecule has 1 aromatic carbocycles. The van der Waals surface area contributed by atoms with Gasteiger partial charge in [-0.1, -0.05) is 37.4 Å². The van der Waals surface area contributed by atoms with Crippen LogP contribution in [0, 0.1) is 0 Å². The molecule has 0 saturated carbocycles. The topological polar surface area (TPSA) is 156 Å². The van der Waals surface area contributed by atoms with Crippen molar-refractivity contribution in [1.82, 2.24) is 19.8 Å². The maximum absolute atomic E-state index is 12.8. The number of hydrogen-bond donors (Lipinski definition) is 5. The summed E-state index contributed by atoms with van der Waals surface area (Å²) in [4.78, 5) is 63.0. The van der Waals surface area contributed by atoms with E-state index in [4.69, 9.17) is 0 Å². The van der Waals surface area contributed by atoms with Gasteiger partial charge in [-0.25, -0.2) is 4.79 Å². The number of nitrogens with one attached hydrogen (secondary N) is 2. The Kier molecular flexibility index (Phi) is 14.1. The highest BCUT2D eigenvalue weighted by Crippen LogP contribution is 2.20. The molecule has 1 fully saturated rings. The van der Waals surface area contributed by atoms with Crippen molar-refractivity contribution in [3.63, 3.8) is 0 Å². The van der Waals surface area contributed by atoms with Gasteiger partial charge in [0.2, 0.25) is 23.6 Å². The van der Waals surface area contributed by atoms with Gasteiger partial charge >= 0.3 is 5.97 Å². The Bertz CT molecular complexity index is 1030. The third kappa shape index (κ3) is 11.3. The molecule has 0 radical (unpaired) electrons. The van der Waals surface area contributed by atoms with Crippen LogP contribution in [0.25, 0.3) is 0 Å². The van der Waals surface area contributed by atoms with E-state index in [9.17, 15) is 34.2 Å². The minimum absolute atomic E-state index is 0.0122. The number of phenols is 1. The van der Waals surface area contributed by atoms with Crippen molar-refractivity contribution < 1.29 is 34.2 Å². The smallest absolute Gasteiger partial charge is 0.326 e. The van der Waals surface area contributed by atoms with E-state index < -0.39 is 36.4 Å². The number of likely N-dealkylation sites (tertiary alicyclic amines) is 1. The Morgan fingerprint density at radius 1 is 1.10 bits per heavy atom. The fourth-order valence-electron chi connectivity index (χ4n) is 4.45. The number of allylic oxidation sites excluding steroid dienone is 1. The van der Waals surface area contributed by atoms with E-state index in [0.717, 1.165) is 19.3 Å². The Balaban J connectivity index is 1.72. The van der Waals surface area contributed by atoms with Crippen molar-refractivity contribution in [1.29, 1.82) is 0 Å². The van der Waals surface area contributed by atoms with Crippen LogP contribution in [0.5, 0.6) is 5.75 Å². The highest BCUT2D eigenvalue weighted by molar-refractivity contribution is 7.78. The normalized spacial score (nSPS) is 15.2. The van der Waals surface area contributed by atoms with Crippen LogP contribution in [0.1, 0.15) is 63.4 Å². The van der Waals surface area contributed by atoms with Crippen molar-refractivity contribution >= 4 is 42.4 Å². The fraction of sp³-hybridized carbons (Fsp3) is 0.536. The van der Waals surface area contributed by atoms with Crippen LogP contribution >= 0.6 is 12.8 Å². The van der Waals surface area contributed by atoms with Crippen molar-refractivity contribution in [3.05, 3.63) is 42.5 Å². The monoisotopic (exact) mass is 576 g/mol. The van der Waals surface area contributed by atoms with Gasteiger partial charge in [-0.05, 0) is 56.2 Å². The molecule has 2 rings (SSSR count). The third-order valence-electron chi connectivity index (χ3n) is 6.66. The second-order valence-corrected chi connectivity index (χ2v) is 10.3. The van der Waals surface area contributed by atoms with Gasteiger partial charge in [-0.3, -0.25) is 23.5 Å². The molecule has 220 valence electrons. The molecule has 0 aliphatic carbocycles. The van der Waals surface area contributed by atoms with Gasteiger partial charge in [-0.15, -0.1) is 6.58 Å². The number of aliphatic carboxylic acids is 1. The maximum Gasteiger partial charge on any atom is 0.326 e. The van der Waals surface area contributed by atoms with Crippen LogP contribution in [0.3, 0.4) is 0 Å². The summed E-state index contributed by atoms with van der Waals surface area (Å²) >= 11 is 4.24. The second-order valence-electron chi connectivity index (χ2n) is 9.80. The van der Waals surface area contributed by atoms with E-state index in [1.54, 1.807) is 18.2 Å². The summed E-state index contributed by atoms with van der Waals surface area (Å²) in [7, 11) is 0. The van der Waals surface area contributed by atoms with Crippen LogP contribution in [0.4, 0.5) is 0 Å². The van der Waals surface area contributed by atoms with Gasteiger partial charge in [0.1, 0.15) is 17.8 Å². The van der Waals surface area contributed by atoms with Crippen molar-refractivity contribution in [2.24, 2.45) is 0 Å². The van der Waals surface area contributed by atoms with E-state index in [1.165, 1.54) is 21.3 Å². The lowest BCUT2D eigenvalue weighted by molar-refractivity contribution is -0.142. The highest BCUT2D eigenvalue weighted by Gasteiger charge is 2.34. The molecule has 4 N–H and O–H groups in total. The van der Waals surface area contributed by atoms with E-state index in [2.05, 4.69) is 30.0 Å². The van der Waals surface area contributed by atoms with Crippen LogP contribution in [-0.4, -0.2) is 80.7 Å². The standard InChI is InChI=1S/C28H40N4O7S/c1-2-3-5-11-26(36)32(40)17-7-4-6-10-25(35)31-16-8-9-23(31)27(37)29-19-24(34)30-22(28(38)39)18-20-12-14-21(33)15-13-20/h2,12-15,22-23,33,40H,1,3-11,16-19H2,(H,29,37)(H,30,34)(H,38,39)/t22-,23-/m0/s1. The number of rotatable bonds is 17. The van der Waals surface area contributed by atoms with Crippen molar-refractivity contribution in [3.8, 4) is 5.75 Å². The van der Waals surface area contributed by atoms with Crippen LogP contribution in [0.2, 0.25) is 0 Å². The van der Waals surface area contributed by atoms with Gasteiger partial charge in [-0.2, -0.15) is 0 Å². The second kappa shape index (κ2) is 17.2. The molecule has 0 aromatic heterocycles. The average Bonchev–Trinajstić information content (AvgIpc) is 3.42. The Morgan fingerprint density at radius 2 is 1.82 bits per heavy atom. The zero-order valence-corrected chi connectivity index (χ0v) is 23.6. The summed E-state index contributed by atoms with van der Waals surface area (Å²) in [5.41, 5.74) is 0.616. The van der Waals surface area contributed by atoms with Gasteiger partial charge in [0.15, 0.2) is 0 Å². The minimum atomic E-state index is -1.22. The van der Waals surface area contributed by atoms with Crippen molar-refractivity contribution in [2.75, 3.05) is 19.6 Å². The number of benzene rings is 1. The molecule has 1 saturated heterocycles. The molecule has 0 spiro atoms. The Morgan fingerprint density at radius 3 is 2.50 bits per heavy atom. The van der Waals surface area contributed by atoms with Gasteiger partial charge in [0, 0.05) is 32.4 Å². The molecule has 0 unspecified atom stereocenters. The number of carboxylic acids is 1. The number of carboxylic acid groups (broad SMARTS) is 1. The Labute approximate surface area is 240 Å². The third-order valence-corrected chi connectivity index (χ3v) is 7.08. The first-order chi connectivity index (χ1) is 19.1. The summed E-state index contributed by atoms with van der Waals surface area (Å²) in [6.07, 6.45) is 7.25. The number of thiol groups is 1. The lowest BCUT2D eigenvalue weighted by Gasteiger charge is -2.24. The molecule has 1 aromatic rings. The lowest BCUT2D eigenvalue weighted by Crippen LogP contribution is -2.50. The largest absolute Gasteiger partial charge is 0.508 e. The fourth-order valence-corrected chi connectivity index (χ4v) is 4.69. The maximum atomic E-state index is 12.8. The molecule has 1 aliphatic rings. The van der Waals surface area contributed by atoms with E-state index in [1.807, 2.05) is 0 Å². The van der Waals surface area contributed by atoms with E-state index in [-0.39, 0.29) is 30.4 Å². The van der Waals surface area contributed by atoms with E-state index >= 15 is 0 Å². The zero-order valence-electron chi connectivity index (χ0n) is 22.7. The van der Waals surface area contributed by atoms with E-state index in [0.29, 0.717) is 50.8 Å². The first-order valence-corrected chi connectivity index (χ1v) is 14.0. The Hall–Kier alpha value is -3.54. The number of nitrogens with zero attached hydrogens (tertiary/aromatic N) is 2. The van der Waals surface area contributed by atoms with Crippen LogP contribution < -0.4 is 10.6 Å².